The summed E-state index contributed by atoms with van der Waals surface area (Å²) in [5, 5.41) is 20.5. The first kappa shape index (κ1) is 15.1. The van der Waals surface area contributed by atoms with Gasteiger partial charge in [-0.2, -0.15) is 0 Å². The number of fused-ring (bicyclic) bond motifs is 2. The van der Waals surface area contributed by atoms with Crippen molar-refractivity contribution in [1.82, 2.24) is 4.57 Å². The summed E-state index contributed by atoms with van der Waals surface area (Å²) in [4.78, 5) is 12.5. The van der Waals surface area contributed by atoms with Crippen molar-refractivity contribution < 1.29 is 19.7 Å². The van der Waals surface area contributed by atoms with E-state index in [0.717, 1.165) is 22.5 Å². The Hall–Kier alpha value is -3.47. The van der Waals surface area contributed by atoms with Gasteiger partial charge in [-0.3, -0.25) is 4.79 Å². The number of aromatic hydroxyl groups is 2. The first-order valence-electron chi connectivity index (χ1n) is 7.77. The number of Topliss-reactive ketones (excluding diaryl/α,β-unsaturated/α-hetero) is 1. The minimum Gasteiger partial charge on any atom is -0.508 e. The van der Waals surface area contributed by atoms with E-state index in [1.807, 2.05) is 35.0 Å². The number of nitrogens with zero attached hydrogens (tertiary/aromatic N) is 1. The molecule has 0 amide bonds. The predicted molar refractivity (Wildman–Crippen MR) is 94.8 cm³/mol. The molecule has 0 saturated carbocycles. The molecule has 2 heterocycles. The van der Waals surface area contributed by atoms with Gasteiger partial charge in [0.05, 0.1) is 0 Å². The first-order valence-corrected chi connectivity index (χ1v) is 7.77. The van der Waals surface area contributed by atoms with Crippen LogP contribution in [0.3, 0.4) is 0 Å². The third-order valence-electron chi connectivity index (χ3n) is 4.17. The van der Waals surface area contributed by atoms with Gasteiger partial charge in [-0.1, -0.05) is 24.3 Å². The highest BCUT2D eigenvalue weighted by Crippen LogP contribution is 2.41. The SMILES string of the molecule is C=CCn1cc(/C=C2\Oc3cc(O)cc(O)c3C2=O)c2ccccc21. The first-order chi connectivity index (χ1) is 12.1. The minimum atomic E-state index is -0.409. The third-order valence-corrected chi connectivity index (χ3v) is 4.17. The molecule has 0 saturated heterocycles. The summed E-state index contributed by atoms with van der Waals surface area (Å²) in [7, 11) is 0. The summed E-state index contributed by atoms with van der Waals surface area (Å²) in [6.45, 7) is 4.41. The Morgan fingerprint density at radius 3 is 2.80 bits per heavy atom. The molecule has 0 radical (unpaired) electrons. The van der Waals surface area contributed by atoms with Crippen LogP contribution in [0.25, 0.3) is 17.0 Å². The molecular formula is C20H15NO4. The number of hydrogen-bond acceptors (Lipinski definition) is 4. The number of carbonyl (C=O) groups excluding carboxylic acids is 1. The molecule has 0 spiro atoms. The summed E-state index contributed by atoms with van der Waals surface area (Å²) in [6, 6.07) is 10.3. The summed E-state index contributed by atoms with van der Waals surface area (Å²) in [5.74, 6) is -0.598. The van der Waals surface area contributed by atoms with Gasteiger partial charge in [0.25, 0.3) is 0 Å². The summed E-state index contributed by atoms with van der Waals surface area (Å²) >= 11 is 0. The molecule has 25 heavy (non-hydrogen) atoms. The molecular weight excluding hydrogens is 318 g/mol. The van der Waals surface area contributed by atoms with Crippen LogP contribution in [-0.2, 0) is 6.54 Å². The van der Waals surface area contributed by atoms with Crippen LogP contribution in [-0.4, -0.2) is 20.6 Å². The fourth-order valence-corrected chi connectivity index (χ4v) is 3.10. The Balaban J connectivity index is 1.83. The normalized spacial score (nSPS) is 14.7. The van der Waals surface area contributed by atoms with Gasteiger partial charge in [0, 0.05) is 41.3 Å². The van der Waals surface area contributed by atoms with E-state index in [-0.39, 0.29) is 28.6 Å². The van der Waals surface area contributed by atoms with Crippen molar-refractivity contribution in [1.29, 1.82) is 0 Å². The maximum atomic E-state index is 12.5. The zero-order valence-corrected chi connectivity index (χ0v) is 13.3. The van der Waals surface area contributed by atoms with E-state index >= 15 is 0 Å². The molecule has 1 aliphatic rings. The Kier molecular flexibility index (Phi) is 3.35. The second-order valence-corrected chi connectivity index (χ2v) is 5.82. The van der Waals surface area contributed by atoms with E-state index in [4.69, 9.17) is 4.74 Å². The molecule has 124 valence electrons. The van der Waals surface area contributed by atoms with Crippen LogP contribution >= 0.6 is 0 Å². The van der Waals surface area contributed by atoms with Crippen molar-refractivity contribution in [2.45, 2.75) is 6.54 Å². The Labute approximate surface area is 143 Å². The summed E-state index contributed by atoms with van der Waals surface area (Å²) in [6.07, 6.45) is 5.38. The molecule has 5 heteroatoms. The molecule has 0 unspecified atom stereocenters. The van der Waals surface area contributed by atoms with Crippen molar-refractivity contribution in [3.8, 4) is 17.2 Å². The van der Waals surface area contributed by atoms with Crippen molar-refractivity contribution in [3.63, 3.8) is 0 Å². The second kappa shape index (κ2) is 5.56. The molecule has 0 atom stereocenters. The molecule has 4 rings (SSSR count). The lowest BCUT2D eigenvalue weighted by Gasteiger charge is -2.00. The topological polar surface area (TPSA) is 71.7 Å². The number of benzene rings is 2. The molecule has 1 aliphatic heterocycles. The highest BCUT2D eigenvalue weighted by molar-refractivity contribution is 6.16. The van der Waals surface area contributed by atoms with Crippen LogP contribution in [0.2, 0.25) is 0 Å². The maximum absolute atomic E-state index is 12.5. The molecule has 2 N–H and O–H groups in total. The number of hydrogen-bond donors (Lipinski definition) is 2. The number of aromatic nitrogens is 1. The largest absolute Gasteiger partial charge is 0.508 e. The van der Waals surface area contributed by atoms with Crippen LogP contribution in [0, 0.1) is 0 Å². The van der Waals surface area contributed by atoms with E-state index in [1.165, 1.54) is 6.07 Å². The molecule has 0 fully saturated rings. The molecule has 5 nitrogen and oxygen atoms in total. The van der Waals surface area contributed by atoms with E-state index < -0.39 is 5.78 Å². The standard InChI is InChI=1S/C20H15NO4/c1-2-7-21-11-12(14-5-3-4-6-15(14)21)8-18-20(24)19-16(23)9-13(22)10-17(19)25-18/h2-6,8-11,22-23H,1,7H2/b18-8-. The molecule has 0 bridgehead atoms. The zero-order chi connectivity index (χ0) is 17.6. The number of allylic oxidation sites excluding steroid dienone is 2. The van der Waals surface area contributed by atoms with Crippen LogP contribution in [0.5, 0.6) is 17.2 Å². The average molecular weight is 333 g/mol. The number of phenolic OH excluding ortho intramolecular Hbond substituents is 2. The molecule has 1 aromatic heterocycles. The molecule has 3 aromatic rings. The number of phenols is 2. The molecule has 2 aromatic carbocycles. The molecule has 0 aliphatic carbocycles. The Bertz CT molecular complexity index is 1060. The predicted octanol–water partition coefficient (Wildman–Crippen LogP) is 3.85. The van der Waals surface area contributed by atoms with Gasteiger partial charge in [0.1, 0.15) is 22.8 Å². The van der Waals surface area contributed by atoms with Gasteiger partial charge in [-0.05, 0) is 12.1 Å². The van der Waals surface area contributed by atoms with Gasteiger partial charge < -0.3 is 19.5 Å². The van der Waals surface area contributed by atoms with Gasteiger partial charge in [0.2, 0.25) is 5.78 Å². The Morgan fingerprint density at radius 2 is 2.00 bits per heavy atom. The van der Waals surface area contributed by atoms with E-state index in [2.05, 4.69) is 6.58 Å². The Morgan fingerprint density at radius 1 is 1.20 bits per heavy atom. The third kappa shape index (κ3) is 2.37. The van der Waals surface area contributed by atoms with Crippen LogP contribution in [0.4, 0.5) is 0 Å². The lowest BCUT2D eigenvalue weighted by molar-refractivity contribution is 0.101. The monoisotopic (exact) mass is 333 g/mol. The van der Waals surface area contributed by atoms with E-state index in [0.29, 0.717) is 6.54 Å². The maximum Gasteiger partial charge on any atom is 0.235 e. The van der Waals surface area contributed by atoms with Crippen LogP contribution < -0.4 is 4.74 Å². The lowest BCUT2D eigenvalue weighted by Crippen LogP contribution is -1.98. The van der Waals surface area contributed by atoms with Gasteiger partial charge in [0.15, 0.2) is 5.76 Å². The number of para-hydroxylation sites is 1. The highest BCUT2D eigenvalue weighted by Gasteiger charge is 2.31. The van der Waals surface area contributed by atoms with Crippen molar-refractivity contribution >= 4 is 22.8 Å². The van der Waals surface area contributed by atoms with Crippen LogP contribution in [0.15, 0.2) is 61.0 Å². The zero-order valence-electron chi connectivity index (χ0n) is 13.3. The van der Waals surface area contributed by atoms with E-state index in [1.54, 1.807) is 12.2 Å². The highest BCUT2D eigenvalue weighted by atomic mass is 16.5. The fraction of sp³-hybridized carbons (Fsp3) is 0.0500. The lowest BCUT2D eigenvalue weighted by atomic mass is 10.1. The number of carbonyl (C=O) groups is 1. The smallest absolute Gasteiger partial charge is 0.235 e. The average Bonchev–Trinajstić information content (AvgIpc) is 3.07. The van der Waals surface area contributed by atoms with Crippen molar-refractivity contribution in [2.75, 3.05) is 0 Å². The summed E-state index contributed by atoms with van der Waals surface area (Å²) in [5.41, 5.74) is 1.92. The van der Waals surface area contributed by atoms with Crippen molar-refractivity contribution in [3.05, 3.63) is 72.1 Å². The van der Waals surface area contributed by atoms with Crippen molar-refractivity contribution in [2.24, 2.45) is 0 Å². The fourth-order valence-electron chi connectivity index (χ4n) is 3.10. The van der Waals surface area contributed by atoms with Gasteiger partial charge in [-0.25, -0.2) is 0 Å². The second-order valence-electron chi connectivity index (χ2n) is 5.82. The van der Waals surface area contributed by atoms with Crippen LogP contribution in [0.1, 0.15) is 15.9 Å². The number of rotatable bonds is 3. The minimum absolute atomic E-state index is 0.0684. The quantitative estimate of drug-likeness (QED) is 0.564. The van der Waals surface area contributed by atoms with Gasteiger partial charge >= 0.3 is 0 Å². The summed E-state index contributed by atoms with van der Waals surface area (Å²) < 4.78 is 7.60. The number of ether oxygens (including phenoxy) is 1. The van der Waals surface area contributed by atoms with Gasteiger partial charge in [-0.15, -0.1) is 6.58 Å². The van der Waals surface area contributed by atoms with E-state index in [9.17, 15) is 15.0 Å². The number of ketones is 1.